The molecule has 0 unspecified atom stereocenters. The molecule has 1 N–H and O–H groups in total. The van der Waals surface area contributed by atoms with Crippen LogP contribution in [-0.2, 0) is 0 Å². The molecule has 0 aliphatic carbocycles. The second-order valence-corrected chi connectivity index (χ2v) is 4.99. The van der Waals surface area contributed by atoms with Gasteiger partial charge in [0.1, 0.15) is 0 Å². The van der Waals surface area contributed by atoms with Crippen molar-refractivity contribution < 1.29 is 14.6 Å². The number of anilines is 1. The highest BCUT2D eigenvalue weighted by Crippen LogP contribution is 2.27. The van der Waals surface area contributed by atoms with Gasteiger partial charge in [-0.15, -0.1) is 0 Å². The van der Waals surface area contributed by atoms with Crippen LogP contribution < -0.4 is 5.32 Å². The van der Waals surface area contributed by atoms with E-state index in [1.807, 2.05) is 0 Å². The number of carbonyl (C=O) groups is 1. The SMILES string of the molecule is Cc1c(NC(=O)c2cc([N+](=O)[O-])ccc2Cl)cccc1[N+](=O)[O-]. The third-order valence-electron chi connectivity index (χ3n) is 3.16. The number of rotatable bonds is 4. The van der Waals surface area contributed by atoms with E-state index in [1.165, 1.54) is 37.3 Å². The number of non-ortho nitro benzene ring substituents is 1. The van der Waals surface area contributed by atoms with Crippen molar-refractivity contribution in [2.45, 2.75) is 6.92 Å². The molecule has 0 bridgehead atoms. The lowest BCUT2D eigenvalue weighted by Crippen LogP contribution is -2.14. The maximum absolute atomic E-state index is 12.3. The molecule has 0 aliphatic heterocycles. The zero-order valence-electron chi connectivity index (χ0n) is 11.8. The highest BCUT2D eigenvalue weighted by Gasteiger charge is 2.19. The van der Waals surface area contributed by atoms with Gasteiger partial charge in [-0.1, -0.05) is 17.7 Å². The second-order valence-electron chi connectivity index (χ2n) is 4.58. The number of nitro groups is 2. The van der Waals surface area contributed by atoms with Crippen molar-refractivity contribution in [2.75, 3.05) is 5.32 Å². The minimum Gasteiger partial charge on any atom is -0.321 e. The van der Waals surface area contributed by atoms with Crippen LogP contribution in [0.15, 0.2) is 36.4 Å². The molecule has 0 aliphatic rings. The molecule has 0 heterocycles. The van der Waals surface area contributed by atoms with E-state index in [-0.39, 0.29) is 33.2 Å². The predicted molar refractivity (Wildman–Crippen MR) is 83.9 cm³/mol. The lowest BCUT2D eigenvalue weighted by atomic mass is 10.1. The van der Waals surface area contributed by atoms with E-state index < -0.39 is 15.8 Å². The Morgan fingerprint density at radius 2 is 1.83 bits per heavy atom. The maximum Gasteiger partial charge on any atom is 0.274 e. The van der Waals surface area contributed by atoms with Gasteiger partial charge in [0.05, 0.1) is 31.7 Å². The topological polar surface area (TPSA) is 115 Å². The normalized spacial score (nSPS) is 10.2. The van der Waals surface area contributed by atoms with E-state index in [0.717, 1.165) is 6.07 Å². The Morgan fingerprint density at radius 1 is 1.13 bits per heavy atom. The van der Waals surface area contributed by atoms with Gasteiger partial charge in [-0.25, -0.2) is 0 Å². The Labute approximate surface area is 135 Å². The Hall–Kier alpha value is -3.00. The monoisotopic (exact) mass is 335 g/mol. The summed E-state index contributed by atoms with van der Waals surface area (Å²) in [6.45, 7) is 1.49. The number of nitrogens with zero attached hydrogens (tertiary/aromatic N) is 2. The van der Waals surface area contributed by atoms with Crippen LogP contribution in [-0.4, -0.2) is 15.8 Å². The Balaban J connectivity index is 2.37. The number of carbonyl (C=O) groups excluding carboxylic acids is 1. The lowest BCUT2D eigenvalue weighted by molar-refractivity contribution is -0.385. The van der Waals surface area contributed by atoms with Crippen LogP contribution in [0.4, 0.5) is 17.1 Å². The Bertz CT molecular complexity index is 822. The molecule has 8 nitrogen and oxygen atoms in total. The maximum atomic E-state index is 12.3. The third kappa shape index (κ3) is 3.43. The summed E-state index contributed by atoms with van der Waals surface area (Å²) in [6, 6.07) is 7.70. The van der Waals surface area contributed by atoms with Gasteiger partial charge in [-0.05, 0) is 19.1 Å². The van der Waals surface area contributed by atoms with Crippen LogP contribution in [0, 0.1) is 27.2 Å². The molecule has 23 heavy (non-hydrogen) atoms. The van der Waals surface area contributed by atoms with Crippen molar-refractivity contribution in [2.24, 2.45) is 0 Å². The number of nitrogens with one attached hydrogen (secondary N) is 1. The number of amides is 1. The molecule has 118 valence electrons. The average Bonchev–Trinajstić information content (AvgIpc) is 2.49. The minimum absolute atomic E-state index is 0.0381. The number of hydrogen-bond acceptors (Lipinski definition) is 5. The summed E-state index contributed by atoms with van der Waals surface area (Å²) in [5.74, 6) is -0.692. The van der Waals surface area contributed by atoms with Crippen molar-refractivity contribution in [1.82, 2.24) is 0 Å². The third-order valence-corrected chi connectivity index (χ3v) is 3.49. The summed E-state index contributed by atoms with van der Waals surface area (Å²) >= 11 is 5.89. The molecule has 2 rings (SSSR count). The van der Waals surface area contributed by atoms with Gasteiger partial charge in [-0.3, -0.25) is 25.0 Å². The fourth-order valence-corrected chi connectivity index (χ4v) is 2.15. The molecule has 9 heteroatoms. The smallest absolute Gasteiger partial charge is 0.274 e. The van der Waals surface area contributed by atoms with Gasteiger partial charge >= 0.3 is 0 Å². The van der Waals surface area contributed by atoms with Crippen LogP contribution in [0.1, 0.15) is 15.9 Å². The molecular formula is C14H10ClN3O5. The molecule has 0 saturated carbocycles. The number of nitro benzene ring substituents is 2. The van der Waals surface area contributed by atoms with E-state index in [4.69, 9.17) is 11.6 Å². The van der Waals surface area contributed by atoms with Gasteiger partial charge in [0, 0.05) is 18.2 Å². The molecule has 0 saturated heterocycles. The summed E-state index contributed by atoms with van der Waals surface area (Å²) in [5, 5.41) is 24.2. The Kier molecular flexibility index (Phi) is 4.56. The van der Waals surface area contributed by atoms with Gasteiger partial charge < -0.3 is 5.32 Å². The summed E-state index contributed by atoms with van der Waals surface area (Å²) in [6.07, 6.45) is 0. The molecule has 0 atom stereocenters. The van der Waals surface area contributed by atoms with Crippen molar-refractivity contribution in [3.05, 3.63) is 72.8 Å². The van der Waals surface area contributed by atoms with Crippen LogP contribution in [0.25, 0.3) is 0 Å². The van der Waals surface area contributed by atoms with Gasteiger partial charge in [0.25, 0.3) is 17.3 Å². The lowest BCUT2D eigenvalue weighted by Gasteiger charge is -2.09. The van der Waals surface area contributed by atoms with E-state index >= 15 is 0 Å². The van der Waals surface area contributed by atoms with E-state index in [1.54, 1.807) is 0 Å². The highest BCUT2D eigenvalue weighted by atomic mass is 35.5. The summed E-state index contributed by atoms with van der Waals surface area (Å²) in [4.78, 5) is 32.7. The fourth-order valence-electron chi connectivity index (χ4n) is 1.95. The summed E-state index contributed by atoms with van der Waals surface area (Å²) < 4.78 is 0. The molecule has 0 aromatic heterocycles. The van der Waals surface area contributed by atoms with Crippen LogP contribution in [0.3, 0.4) is 0 Å². The van der Waals surface area contributed by atoms with Crippen molar-refractivity contribution >= 4 is 34.6 Å². The fraction of sp³-hybridized carbons (Fsp3) is 0.0714. The first-order valence-electron chi connectivity index (χ1n) is 6.30. The molecule has 1 amide bonds. The molecular weight excluding hydrogens is 326 g/mol. The molecule has 0 fully saturated rings. The van der Waals surface area contributed by atoms with E-state index in [0.29, 0.717) is 0 Å². The molecule has 2 aromatic carbocycles. The molecule has 2 aromatic rings. The first-order chi connectivity index (χ1) is 10.8. The highest BCUT2D eigenvalue weighted by molar-refractivity contribution is 6.34. The van der Waals surface area contributed by atoms with Gasteiger partial charge in [0.15, 0.2) is 0 Å². The Morgan fingerprint density at radius 3 is 2.43 bits per heavy atom. The molecule has 0 spiro atoms. The first kappa shape index (κ1) is 16.4. The number of benzene rings is 2. The summed E-state index contributed by atoms with van der Waals surface area (Å²) in [7, 11) is 0. The zero-order chi connectivity index (χ0) is 17.1. The summed E-state index contributed by atoms with van der Waals surface area (Å²) in [5.41, 5.74) is -0.0193. The van der Waals surface area contributed by atoms with E-state index in [9.17, 15) is 25.0 Å². The van der Waals surface area contributed by atoms with Crippen molar-refractivity contribution in [1.29, 1.82) is 0 Å². The number of halogens is 1. The second kappa shape index (κ2) is 6.41. The largest absolute Gasteiger partial charge is 0.321 e. The van der Waals surface area contributed by atoms with Crippen LogP contribution in [0.2, 0.25) is 5.02 Å². The number of hydrogen-bond donors (Lipinski definition) is 1. The van der Waals surface area contributed by atoms with Gasteiger partial charge in [0.2, 0.25) is 0 Å². The van der Waals surface area contributed by atoms with Crippen molar-refractivity contribution in [3.63, 3.8) is 0 Å². The van der Waals surface area contributed by atoms with E-state index in [2.05, 4.69) is 5.32 Å². The van der Waals surface area contributed by atoms with Crippen molar-refractivity contribution in [3.8, 4) is 0 Å². The first-order valence-corrected chi connectivity index (χ1v) is 6.68. The average molecular weight is 336 g/mol. The van der Waals surface area contributed by atoms with Crippen LogP contribution >= 0.6 is 11.6 Å². The standard InChI is InChI=1S/C14H10ClN3O5/c1-8-12(3-2-4-13(8)18(22)23)16-14(19)10-7-9(17(20)21)5-6-11(10)15/h2-7H,1H3,(H,16,19). The van der Waals surface area contributed by atoms with Crippen LogP contribution in [0.5, 0.6) is 0 Å². The zero-order valence-corrected chi connectivity index (χ0v) is 12.5. The molecule has 0 radical (unpaired) electrons. The predicted octanol–water partition coefficient (Wildman–Crippen LogP) is 3.72. The quantitative estimate of drug-likeness (QED) is 0.675. The minimum atomic E-state index is -0.692. The van der Waals surface area contributed by atoms with Gasteiger partial charge in [-0.2, -0.15) is 0 Å².